The molecule has 12 heteroatoms. The van der Waals surface area contributed by atoms with Gasteiger partial charge in [-0.1, -0.05) is 73.5 Å². The van der Waals surface area contributed by atoms with Crippen molar-refractivity contribution in [2.45, 2.75) is 63.9 Å². The van der Waals surface area contributed by atoms with Crippen LogP contribution in [0.1, 0.15) is 64.1 Å². The number of rotatable bonds is 15. The second-order valence-corrected chi connectivity index (χ2v) is 13.0. The predicted octanol–water partition coefficient (Wildman–Crippen LogP) is 9.28. The molecule has 1 aliphatic rings. The van der Waals surface area contributed by atoms with Crippen LogP contribution in [0.25, 0.3) is 0 Å². The Balaban J connectivity index is 1.55. The van der Waals surface area contributed by atoms with Gasteiger partial charge in [0, 0.05) is 16.5 Å². The third-order valence-corrected chi connectivity index (χ3v) is 9.31. The maximum absolute atomic E-state index is 14.2. The van der Waals surface area contributed by atoms with Gasteiger partial charge in [0.1, 0.15) is 11.8 Å². The van der Waals surface area contributed by atoms with E-state index in [1.165, 1.54) is 11.8 Å². The standard InChI is InChI=1S/C35H39BrClN5O4S/c1-5-8-13-18-46-32-25(36)19-24(20-29(32)45-7-3)31-30(33(43)39-27-16-11-12-17-28(27)44-6-2)22(4)38-34-40-35(41-42(31)34)47-21-23-14-9-10-15-26(23)37/h9-12,14-17,19-20,31H,5-8,13,18,21H2,1-4H3,(H,39,43)(H,38,40,41). The molecule has 0 fully saturated rings. The maximum Gasteiger partial charge on any atom is 0.255 e. The number of anilines is 2. The normalized spacial score (nSPS) is 14.0. The molecule has 0 radical (unpaired) electrons. The van der Waals surface area contributed by atoms with Gasteiger partial charge < -0.3 is 24.8 Å². The number of hydrogen-bond donors (Lipinski definition) is 2. The van der Waals surface area contributed by atoms with Crippen molar-refractivity contribution in [1.29, 1.82) is 0 Å². The fourth-order valence-corrected chi connectivity index (χ4v) is 6.96. The Morgan fingerprint density at radius 1 is 1.02 bits per heavy atom. The largest absolute Gasteiger partial charge is 0.492 e. The summed E-state index contributed by atoms with van der Waals surface area (Å²) in [7, 11) is 0. The number of fused-ring (bicyclic) bond motifs is 1. The number of amides is 1. The lowest BCUT2D eigenvalue weighted by Gasteiger charge is -2.29. The zero-order valence-electron chi connectivity index (χ0n) is 26.9. The van der Waals surface area contributed by atoms with Crippen molar-refractivity contribution in [2.24, 2.45) is 0 Å². The lowest BCUT2D eigenvalue weighted by Crippen LogP contribution is -2.31. The summed E-state index contributed by atoms with van der Waals surface area (Å²) >= 11 is 11.6. The van der Waals surface area contributed by atoms with E-state index in [0.29, 0.717) is 75.9 Å². The van der Waals surface area contributed by atoms with Crippen molar-refractivity contribution in [3.8, 4) is 17.2 Å². The molecular weight excluding hydrogens is 702 g/mol. The number of thioether (sulfide) groups is 1. The van der Waals surface area contributed by atoms with Gasteiger partial charge in [0.25, 0.3) is 5.91 Å². The molecule has 0 bridgehead atoms. The van der Waals surface area contributed by atoms with Gasteiger partial charge >= 0.3 is 0 Å². The first kappa shape index (κ1) is 34.7. The molecule has 47 heavy (non-hydrogen) atoms. The van der Waals surface area contributed by atoms with E-state index in [4.69, 9.17) is 35.9 Å². The highest BCUT2D eigenvalue weighted by Gasteiger charge is 2.36. The predicted molar refractivity (Wildman–Crippen MR) is 192 cm³/mol. The highest BCUT2D eigenvalue weighted by molar-refractivity contribution is 9.10. The molecule has 5 rings (SSSR count). The minimum atomic E-state index is -0.641. The van der Waals surface area contributed by atoms with E-state index in [2.05, 4.69) is 33.5 Å². The summed E-state index contributed by atoms with van der Waals surface area (Å²) in [4.78, 5) is 19.0. The number of carbonyl (C=O) groups excluding carboxylic acids is 1. The molecule has 0 saturated heterocycles. The van der Waals surface area contributed by atoms with Crippen LogP contribution in [0, 0.1) is 0 Å². The molecule has 2 N–H and O–H groups in total. The van der Waals surface area contributed by atoms with Crippen LogP contribution in [-0.4, -0.2) is 40.5 Å². The summed E-state index contributed by atoms with van der Waals surface area (Å²) in [5.74, 6) is 2.62. The minimum absolute atomic E-state index is 0.299. The Morgan fingerprint density at radius 2 is 1.77 bits per heavy atom. The number of ether oxygens (including phenoxy) is 3. The summed E-state index contributed by atoms with van der Waals surface area (Å²) in [5, 5.41) is 12.5. The maximum atomic E-state index is 14.2. The van der Waals surface area contributed by atoms with Gasteiger partial charge in [-0.05, 0) is 84.6 Å². The molecule has 0 saturated carbocycles. The van der Waals surface area contributed by atoms with E-state index in [1.807, 2.05) is 81.4 Å². The molecule has 1 amide bonds. The van der Waals surface area contributed by atoms with E-state index < -0.39 is 6.04 Å². The first-order valence-corrected chi connectivity index (χ1v) is 17.9. The van der Waals surface area contributed by atoms with E-state index in [0.717, 1.165) is 34.9 Å². The van der Waals surface area contributed by atoms with Crippen LogP contribution in [0.3, 0.4) is 0 Å². The first-order chi connectivity index (χ1) is 22.8. The number of halogens is 2. The SMILES string of the molecule is CCCCCOc1c(Br)cc(C2C(C(=O)Nc3ccccc3OCC)=C(C)Nc3nc(SCc4ccccc4Cl)nn32)cc1OCC. The Morgan fingerprint density at radius 3 is 2.53 bits per heavy atom. The molecule has 248 valence electrons. The summed E-state index contributed by atoms with van der Waals surface area (Å²) in [5.41, 5.74) is 3.46. The third kappa shape index (κ3) is 8.25. The van der Waals surface area contributed by atoms with Crippen LogP contribution < -0.4 is 24.8 Å². The molecule has 0 aliphatic carbocycles. The summed E-state index contributed by atoms with van der Waals surface area (Å²) in [6, 6.07) is 18.4. The van der Waals surface area contributed by atoms with E-state index in [1.54, 1.807) is 4.68 Å². The van der Waals surface area contributed by atoms with Gasteiger partial charge in [-0.2, -0.15) is 4.98 Å². The van der Waals surface area contributed by atoms with Crippen molar-refractivity contribution in [3.63, 3.8) is 0 Å². The molecule has 0 spiro atoms. The molecule has 9 nitrogen and oxygen atoms in total. The average molecular weight is 741 g/mol. The van der Waals surface area contributed by atoms with Crippen LogP contribution >= 0.6 is 39.3 Å². The number of carbonyl (C=O) groups is 1. The summed E-state index contributed by atoms with van der Waals surface area (Å²) in [6.07, 6.45) is 3.12. The summed E-state index contributed by atoms with van der Waals surface area (Å²) < 4.78 is 20.6. The molecule has 1 aliphatic heterocycles. The fraction of sp³-hybridized carbons (Fsp3) is 0.343. The van der Waals surface area contributed by atoms with Crippen molar-refractivity contribution < 1.29 is 19.0 Å². The Kier molecular flexibility index (Phi) is 12.1. The molecule has 1 unspecified atom stereocenters. The van der Waals surface area contributed by atoms with E-state index >= 15 is 0 Å². The molecule has 1 aromatic heterocycles. The monoisotopic (exact) mass is 739 g/mol. The average Bonchev–Trinajstić information content (AvgIpc) is 3.46. The molecular formula is C35H39BrClN5O4S. The molecule has 2 heterocycles. The fourth-order valence-electron chi connectivity index (χ4n) is 5.27. The van der Waals surface area contributed by atoms with E-state index in [9.17, 15) is 4.79 Å². The molecule has 1 atom stereocenters. The van der Waals surface area contributed by atoms with Gasteiger partial charge in [0.15, 0.2) is 11.5 Å². The smallest absolute Gasteiger partial charge is 0.255 e. The zero-order chi connectivity index (χ0) is 33.3. The topological polar surface area (TPSA) is 99.5 Å². The van der Waals surface area contributed by atoms with Crippen LogP contribution in [0.4, 0.5) is 11.6 Å². The Hall–Kier alpha value is -3.67. The lowest BCUT2D eigenvalue weighted by molar-refractivity contribution is -0.113. The third-order valence-electron chi connectivity index (χ3n) is 7.47. The van der Waals surface area contributed by atoms with E-state index in [-0.39, 0.29) is 5.91 Å². The first-order valence-electron chi connectivity index (χ1n) is 15.8. The van der Waals surface area contributed by atoms with Crippen LogP contribution in [0.2, 0.25) is 5.02 Å². The highest BCUT2D eigenvalue weighted by atomic mass is 79.9. The van der Waals surface area contributed by atoms with Crippen molar-refractivity contribution in [2.75, 3.05) is 30.5 Å². The van der Waals surface area contributed by atoms with Gasteiger partial charge in [-0.25, -0.2) is 4.68 Å². The van der Waals surface area contributed by atoms with Crippen molar-refractivity contribution in [3.05, 3.63) is 92.6 Å². The van der Waals surface area contributed by atoms with Gasteiger partial charge in [-0.15, -0.1) is 5.10 Å². The number of nitrogens with one attached hydrogen (secondary N) is 2. The van der Waals surface area contributed by atoms with Crippen LogP contribution in [0.5, 0.6) is 17.2 Å². The minimum Gasteiger partial charge on any atom is -0.492 e. The van der Waals surface area contributed by atoms with Gasteiger partial charge in [0.2, 0.25) is 11.1 Å². The number of hydrogen-bond acceptors (Lipinski definition) is 8. The second kappa shape index (κ2) is 16.4. The number of allylic oxidation sites excluding steroid dienone is 1. The highest BCUT2D eigenvalue weighted by Crippen LogP contribution is 2.44. The Labute approximate surface area is 293 Å². The molecule has 3 aromatic carbocycles. The van der Waals surface area contributed by atoms with Crippen molar-refractivity contribution in [1.82, 2.24) is 14.8 Å². The Bertz CT molecular complexity index is 1750. The number of unbranched alkanes of at least 4 members (excludes halogenated alkanes) is 2. The van der Waals surface area contributed by atoms with Crippen molar-refractivity contribution >= 4 is 56.8 Å². The number of benzene rings is 3. The lowest BCUT2D eigenvalue weighted by atomic mass is 9.94. The van der Waals surface area contributed by atoms with Gasteiger partial charge in [-0.3, -0.25) is 4.79 Å². The zero-order valence-corrected chi connectivity index (χ0v) is 30.1. The summed E-state index contributed by atoms with van der Waals surface area (Å²) in [6.45, 7) is 9.36. The quantitative estimate of drug-likeness (QED) is 0.0920. The number of nitrogens with zero attached hydrogens (tertiary/aromatic N) is 3. The number of para-hydroxylation sites is 2. The van der Waals surface area contributed by atoms with Crippen LogP contribution in [0.15, 0.2) is 81.6 Å². The second-order valence-electron chi connectivity index (χ2n) is 10.8. The van der Waals surface area contributed by atoms with Crippen LogP contribution in [-0.2, 0) is 10.5 Å². The van der Waals surface area contributed by atoms with Gasteiger partial charge in [0.05, 0.1) is 35.6 Å². The molecule has 4 aromatic rings. The number of aromatic nitrogens is 3.